The molecule has 6 heteroatoms. The van der Waals surface area contributed by atoms with Crippen LogP contribution in [0.1, 0.15) is 13.8 Å². The summed E-state index contributed by atoms with van der Waals surface area (Å²) in [7, 11) is 4.57. The Balaban J connectivity index is 2.34. The molecule has 3 heterocycles. The van der Waals surface area contributed by atoms with Crippen molar-refractivity contribution in [1.82, 2.24) is 18.6 Å². The molecule has 3 fully saturated rings. The molecule has 0 aromatic rings. The number of nitrogens with zero attached hydrogens (tertiary/aromatic N) is 4. The molecule has 0 spiro atoms. The molecule has 2 bridgehead atoms. The van der Waals surface area contributed by atoms with Crippen LogP contribution in [0.15, 0.2) is 0 Å². The molecule has 0 saturated carbocycles. The highest BCUT2D eigenvalue weighted by atomic mass is 28.4. The second-order valence-electron chi connectivity index (χ2n) is 5.85. The van der Waals surface area contributed by atoms with Gasteiger partial charge in [0.05, 0.1) is 0 Å². The molecule has 3 rings (SSSR count). The van der Waals surface area contributed by atoms with E-state index in [9.17, 15) is 0 Å². The summed E-state index contributed by atoms with van der Waals surface area (Å²) in [5.41, 5.74) is 0. The third-order valence-corrected chi connectivity index (χ3v) is 8.58. The molecule has 0 aromatic heterocycles. The van der Waals surface area contributed by atoms with Gasteiger partial charge < -0.3 is 4.43 Å². The van der Waals surface area contributed by atoms with Crippen LogP contribution < -0.4 is 0 Å². The smallest absolute Gasteiger partial charge is 0.377 e. The van der Waals surface area contributed by atoms with Gasteiger partial charge in [-0.1, -0.05) is 0 Å². The molecule has 3 aliphatic rings. The minimum atomic E-state index is -2.13. The minimum Gasteiger partial charge on any atom is -0.377 e. The van der Waals surface area contributed by atoms with Gasteiger partial charge in [0.15, 0.2) is 0 Å². The van der Waals surface area contributed by atoms with E-state index in [2.05, 4.69) is 53.6 Å². The Morgan fingerprint density at radius 3 is 1.50 bits per heavy atom. The quantitative estimate of drug-likeness (QED) is 0.657. The molecular formula is C12H28N4OSi. The minimum absolute atomic E-state index is 0.277. The molecule has 5 nitrogen and oxygen atoms in total. The van der Waals surface area contributed by atoms with E-state index >= 15 is 0 Å². The summed E-state index contributed by atoms with van der Waals surface area (Å²) >= 11 is 0. The number of fused-ring (bicyclic) bond motifs is 6. The maximum atomic E-state index is 6.51. The van der Waals surface area contributed by atoms with E-state index in [1.54, 1.807) is 0 Å². The van der Waals surface area contributed by atoms with E-state index in [0.717, 1.165) is 19.6 Å². The van der Waals surface area contributed by atoms with Crippen LogP contribution in [0.5, 0.6) is 0 Å². The Hall–Kier alpha value is 0.0169. The van der Waals surface area contributed by atoms with Gasteiger partial charge in [0, 0.05) is 45.4 Å². The molecule has 0 atom stereocenters. The summed E-state index contributed by atoms with van der Waals surface area (Å²) in [4.78, 5) is 2.57. The van der Waals surface area contributed by atoms with E-state index in [1.807, 2.05) is 0 Å². The van der Waals surface area contributed by atoms with Crippen LogP contribution in [-0.4, -0.2) is 93.9 Å². The summed E-state index contributed by atoms with van der Waals surface area (Å²) in [6, 6.07) is 0. The first kappa shape index (κ1) is 14.4. The molecule has 0 unspecified atom stereocenters. The fourth-order valence-electron chi connectivity index (χ4n) is 3.11. The average molecular weight is 272 g/mol. The summed E-state index contributed by atoms with van der Waals surface area (Å²) in [6.07, 6.45) is 0.277. The first-order valence-electron chi connectivity index (χ1n) is 7.00. The Morgan fingerprint density at radius 2 is 1.17 bits per heavy atom. The zero-order valence-electron chi connectivity index (χ0n) is 12.5. The van der Waals surface area contributed by atoms with Crippen LogP contribution in [0.25, 0.3) is 0 Å². The number of hydrogen-bond donors (Lipinski definition) is 0. The van der Waals surface area contributed by atoms with Crippen LogP contribution in [-0.2, 0) is 4.43 Å². The van der Waals surface area contributed by atoms with Crippen molar-refractivity contribution >= 4 is 8.80 Å². The lowest BCUT2D eigenvalue weighted by atomic mass is 10.4. The van der Waals surface area contributed by atoms with Crippen molar-refractivity contribution in [2.24, 2.45) is 0 Å². The Labute approximate surface area is 113 Å². The highest BCUT2D eigenvalue weighted by Gasteiger charge is 2.52. The van der Waals surface area contributed by atoms with Gasteiger partial charge in [0.2, 0.25) is 0 Å². The SMILES string of the molecule is CC(C)O[Si]12N(C)CCN(CCN1C)CCN2C. The van der Waals surface area contributed by atoms with Crippen LogP contribution in [0.4, 0.5) is 0 Å². The summed E-state index contributed by atoms with van der Waals surface area (Å²) in [5.74, 6) is 0. The van der Waals surface area contributed by atoms with Gasteiger partial charge in [0.1, 0.15) is 0 Å². The maximum absolute atomic E-state index is 6.51. The normalized spacial score (nSPS) is 36.7. The first-order chi connectivity index (χ1) is 8.46. The van der Waals surface area contributed by atoms with Crippen molar-refractivity contribution in [2.45, 2.75) is 20.0 Å². The maximum Gasteiger partial charge on any atom is 0.448 e. The molecule has 0 N–H and O–H groups in total. The van der Waals surface area contributed by atoms with E-state index < -0.39 is 8.80 Å². The first-order valence-corrected chi connectivity index (χ1v) is 8.75. The second-order valence-corrected chi connectivity index (χ2v) is 9.52. The van der Waals surface area contributed by atoms with Crippen molar-refractivity contribution in [2.75, 3.05) is 60.4 Å². The second kappa shape index (κ2) is 5.56. The molecule has 0 aromatic carbocycles. The largest absolute Gasteiger partial charge is 0.448 e. The average Bonchev–Trinajstić information content (AvgIpc) is 2.30. The van der Waals surface area contributed by atoms with E-state index in [0.29, 0.717) is 0 Å². The van der Waals surface area contributed by atoms with Crippen molar-refractivity contribution in [3.8, 4) is 0 Å². The van der Waals surface area contributed by atoms with Crippen LogP contribution in [0.2, 0.25) is 0 Å². The molecule has 0 aliphatic carbocycles. The molecular weight excluding hydrogens is 244 g/mol. The van der Waals surface area contributed by atoms with Gasteiger partial charge in [-0.05, 0) is 35.0 Å². The van der Waals surface area contributed by atoms with Crippen LogP contribution >= 0.6 is 0 Å². The van der Waals surface area contributed by atoms with Crippen LogP contribution in [0, 0.1) is 0 Å². The Kier molecular flexibility index (Phi) is 4.46. The molecule has 3 aliphatic heterocycles. The lowest BCUT2D eigenvalue weighted by Crippen LogP contribution is -2.78. The monoisotopic (exact) mass is 272 g/mol. The molecule has 18 heavy (non-hydrogen) atoms. The summed E-state index contributed by atoms with van der Waals surface area (Å²) in [5, 5.41) is 0. The summed E-state index contributed by atoms with van der Waals surface area (Å²) in [6.45, 7) is 11.1. The van der Waals surface area contributed by atoms with Gasteiger partial charge in [-0.2, -0.15) is 0 Å². The van der Waals surface area contributed by atoms with Gasteiger partial charge in [0.25, 0.3) is 0 Å². The topological polar surface area (TPSA) is 22.2 Å². The Morgan fingerprint density at radius 1 is 0.778 bits per heavy atom. The van der Waals surface area contributed by atoms with E-state index in [1.165, 1.54) is 19.6 Å². The van der Waals surface area contributed by atoms with Crippen molar-refractivity contribution in [3.05, 3.63) is 0 Å². The number of rotatable bonds is 2. The molecule has 106 valence electrons. The lowest BCUT2D eigenvalue weighted by Gasteiger charge is -2.53. The predicted molar refractivity (Wildman–Crippen MR) is 76.3 cm³/mol. The number of likely N-dealkylation sites (N-methyl/N-ethyl adjacent to an activating group) is 3. The fourth-order valence-corrected chi connectivity index (χ4v) is 7.20. The zero-order chi connectivity index (χ0) is 13.3. The Bertz CT molecular complexity index is 253. The highest BCUT2D eigenvalue weighted by molar-refractivity contribution is 6.65. The van der Waals surface area contributed by atoms with Crippen molar-refractivity contribution < 1.29 is 4.43 Å². The predicted octanol–water partition coefficient (Wildman–Crippen LogP) is -0.0284. The van der Waals surface area contributed by atoms with Crippen molar-refractivity contribution in [1.29, 1.82) is 0 Å². The van der Waals surface area contributed by atoms with Gasteiger partial charge in [-0.3, -0.25) is 18.6 Å². The van der Waals surface area contributed by atoms with Crippen LogP contribution in [0.3, 0.4) is 0 Å². The molecule has 0 radical (unpaired) electrons. The molecule has 3 saturated heterocycles. The van der Waals surface area contributed by atoms with E-state index in [-0.39, 0.29) is 6.10 Å². The zero-order valence-corrected chi connectivity index (χ0v) is 13.5. The van der Waals surface area contributed by atoms with Crippen molar-refractivity contribution in [3.63, 3.8) is 0 Å². The van der Waals surface area contributed by atoms with Gasteiger partial charge in [-0.25, -0.2) is 0 Å². The lowest BCUT2D eigenvalue weighted by molar-refractivity contribution is 0.0596. The standard InChI is InChI=1S/C12H28N4OSi/c1-12(2)17-18-13(3)6-9-16(10-7-14(18)4)11-8-15(18)5/h12H,6-11H2,1-5H3. The fraction of sp³-hybridized carbons (Fsp3) is 1.00. The third kappa shape index (κ3) is 2.50. The number of hydrogen-bond acceptors (Lipinski definition) is 5. The summed E-state index contributed by atoms with van der Waals surface area (Å²) < 4.78 is 14.0. The van der Waals surface area contributed by atoms with Gasteiger partial charge >= 0.3 is 8.80 Å². The van der Waals surface area contributed by atoms with Gasteiger partial charge in [-0.15, -0.1) is 0 Å². The molecule has 0 amide bonds. The van der Waals surface area contributed by atoms with E-state index in [4.69, 9.17) is 4.43 Å². The highest BCUT2D eigenvalue weighted by Crippen LogP contribution is 2.23. The third-order valence-electron chi connectivity index (χ3n) is 4.14.